The number of carbonyl (C=O) groups is 1. The first-order valence-electron chi connectivity index (χ1n) is 5.38. The summed E-state index contributed by atoms with van der Waals surface area (Å²) >= 11 is 0. The van der Waals surface area contributed by atoms with E-state index in [1.165, 1.54) is 6.42 Å². The third kappa shape index (κ3) is 3.77. The molecule has 15 heavy (non-hydrogen) atoms. The molecule has 0 bridgehead atoms. The quantitative estimate of drug-likeness (QED) is 0.657. The summed E-state index contributed by atoms with van der Waals surface area (Å²) in [6.07, 6.45) is 2.31. The second-order valence-corrected chi connectivity index (χ2v) is 4.46. The van der Waals surface area contributed by atoms with Gasteiger partial charge in [-0.3, -0.25) is 9.69 Å². The van der Waals surface area contributed by atoms with Crippen molar-refractivity contribution in [2.24, 2.45) is 5.73 Å². The van der Waals surface area contributed by atoms with E-state index in [9.17, 15) is 4.79 Å². The van der Waals surface area contributed by atoms with Crippen molar-refractivity contribution in [3.05, 3.63) is 0 Å². The standard InChI is InChI=1S/C10H21N3O2/c1-12(2)8-4-3-5-13(6-8)7-9(11)10(14)15/h8-9H,3-7,11H2,1-2H3,(H,14,15). The van der Waals surface area contributed by atoms with Crippen LogP contribution >= 0.6 is 0 Å². The van der Waals surface area contributed by atoms with Gasteiger partial charge in [-0.25, -0.2) is 0 Å². The van der Waals surface area contributed by atoms with E-state index in [4.69, 9.17) is 10.8 Å². The molecule has 1 fully saturated rings. The van der Waals surface area contributed by atoms with E-state index in [0.717, 1.165) is 19.5 Å². The van der Waals surface area contributed by atoms with Gasteiger partial charge in [0.15, 0.2) is 0 Å². The summed E-state index contributed by atoms with van der Waals surface area (Å²) in [6.45, 7) is 2.35. The number of nitrogens with two attached hydrogens (primary N) is 1. The van der Waals surface area contributed by atoms with Gasteiger partial charge < -0.3 is 15.7 Å². The van der Waals surface area contributed by atoms with Crippen LogP contribution in [0, 0.1) is 0 Å². The first-order chi connectivity index (χ1) is 7.00. The zero-order valence-corrected chi connectivity index (χ0v) is 9.52. The van der Waals surface area contributed by atoms with Gasteiger partial charge >= 0.3 is 5.97 Å². The molecule has 0 amide bonds. The molecule has 0 spiro atoms. The van der Waals surface area contributed by atoms with Crippen LogP contribution in [-0.2, 0) is 4.79 Å². The Morgan fingerprint density at radius 3 is 2.87 bits per heavy atom. The molecule has 1 heterocycles. The van der Waals surface area contributed by atoms with Gasteiger partial charge in [0.25, 0.3) is 0 Å². The van der Waals surface area contributed by atoms with Gasteiger partial charge in [-0.1, -0.05) is 0 Å². The number of aliphatic carboxylic acids is 1. The topological polar surface area (TPSA) is 69.8 Å². The molecule has 0 aromatic carbocycles. The minimum absolute atomic E-state index is 0.458. The van der Waals surface area contributed by atoms with Crippen molar-refractivity contribution in [2.45, 2.75) is 24.9 Å². The molecule has 0 radical (unpaired) electrons. The molecule has 0 aromatic heterocycles. The Bertz CT molecular complexity index is 221. The first kappa shape index (κ1) is 12.4. The molecule has 2 atom stereocenters. The Balaban J connectivity index is 2.39. The minimum Gasteiger partial charge on any atom is -0.480 e. The van der Waals surface area contributed by atoms with Gasteiger partial charge in [-0.15, -0.1) is 0 Å². The number of likely N-dealkylation sites (tertiary alicyclic amines) is 1. The highest BCUT2D eigenvalue weighted by Crippen LogP contribution is 2.13. The summed E-state index contributed by atoms with van der Waals surface area (Å²) in [5, 5.41) is 8.73. The van der Waals surface area contributed by atoms with Gasteiger partial charge in [-0.05, 0) is 33.5 Å². The van der Waals surface area contributed by atoms with Crippen molar-refractivity contribution < 1.29 is 9.90 Å². The highest BCUT2D eigenvalue weighted by atomic mass is 16.4. The van der Waals surface area contributed by atoms with Crippen molar-refractivity contribution in [3.8, 4) is 0 Å². The van der Waals surface area contributed by atoms with E-state index in [0.29, 0.717) is 12.6 Å². The second kappa shape index (κ2) is 5.44. The maximum absolute atomic E-state index is 10.6. The number of nitrogens with zero attached hydrogens (tertiary/aromatic N) is 2. The monoisotopic (exact) mass is 215 g/mol. The maximum atomic E-state index is 10.6. The molecule has 0 saturated carbocycles. The fraction of sp³-hybridized carbons (Fsp3) is 0.900. The first-order valence-corrected chi connectivity index (χ1v) is 5.38. The fourth-order valence-corrected chi connectivity index (χ4v) is 1.97. The van der Waals surface area contributed by atoms with E-state index in [-0.39, 0.29) is 0 Å². The number of hydrogen-bond acceptors (Lipinski definition) is 4. The van der Waals surface area contributed by atoms with Crippen LogP contribution in [0.25, 0.3) is 0 Å². The zero-order chi connectivity index (χ0) is 11.4. The van der Waals surface area contributed by atoms with Crippen molar-refractivity contribution in [1.82, 2.24) is 9.80 Å². The molecule has 5 heteroatoms. The van der Waals surface area contributed by atoms with Crippen LogP contribution < -0.4 is 5.73 Å². The van der Waals surface area contributed by atoms with Crippen LogP contribution in [0.5, 0.6) is 0 Å². The van der Waals surface area contributed by atoms with Crippen LogP contribution in [0.3, 0.4) is 0 Å². The van der Waals surface area contributed by atoms with Crippen LogP contribution in [-0.4, -0.2) is 66.7 Å². The molecule has 5 nitrogen and oxygen atoms in total. The Kier molecular flexibility index (Phi) is 4.50. The predicted molar refractivity (Wildman–Crippen MR) is 58.8 cm³/mol. The molecule has 0 aliphatic carbocycles. The SMILES string of the molecule is CN(C)C1CCCN(CC(N)C(=O)O)C1. The molecule has 0 aromatic rings. The summed E-state index contributed by atoms with van der Waals surface area (Å²) in [4.78, 5) is 15.0. The van der Waals surface area contributed by atoms with Crippen LogP contribution in [0.1, 0.15) is 12.8 Å². The average Bonchev–Trinajstić information content (AvgIpc) is 2.18. The zero-order valence-electron chi connectivity index (χ0n) is 9.52. The Labute approximate surface area is 90.8 Å². The molecular formula is C10H21N3O2. The Morgan fingerprint density at radius 2 is 2.33 bits per heavy atom. The summed E-state index contributed by atoms with van der Waals surface area (Å²) < 4.78 is 0. The Morgan fingerprint density at radius 1 is 1.67 bits per heavy atom. The molecule has 88 valence electrons. The highest BCUT2D eigenvalue weighted by molar-refractivity contribution is 5.73. The normalized spacial score (nSPS) is 25.5. The fourth-order valence-electron chi connectivity index (χ4n) is 1.97. The molecule has 1 aliphatic heterocycles. The van der Waals surface area contributed by atoms with Crippen molar-refractivity contribution in [2.75, 3.05) is 33.7 Å². The van der Waals surface area contributed by atoms with E-state index in [1.54, 1.807) is 0 Å². The molecular weight excluding hydrogens is 194 g/mol. The third-order valence-corrected chi connectivity index (χ3v) is 2.98. The lowest BCUT2D eigenvalue weighted by atomic mass is 10.0. The smallest absolute Gasteiger partial charge is 0.321 e. The summed E-state index contributed by atoms with van der Waals surface area (Å²) in [5.74, 6) is -0.915. The van der Waals surface area contributed by atoms with Crippen molar-refractivity contribution in [3.63, 3.8) is 0 Å². The van der Waals surface area contributed by atoms with Gasteiger partial charge in [0.2, 0.25) is 0 Å². The van der Waals surface area contributed by atoms with Crippen LogP contribution in [0.2, 0.25) is 0 Å². The summed E-state index contributed by atoms with van der Waals surface area (Å²) in [6, 6.07) is -0.231. The number of carboxylic acid groups (broad SMARTS) is 1. The number of hydrogen-bond donors (Lipinski definition) is 2. The lowest BCUT2D eigenvalue weighted by Gasteiger charge is -2.36. The van der Waals surface area contributed by atoms with Gasteiger partial charge in [0, 0.05) is 19.1 Å². The second-order valence-electron chi connectivity index (χ2n) is 4.46. The molecule has 3 N–H and O–H groups in total. The third-order valence-electron chi connectivity index (χ3n) is 2.98. The van der Waals surface area contributed by atoms with E-state index < -0.39 is 12.0 Å². The molecule has 1 saturated heterocycles. The molecule has 2 unspecified atom stereocenters. The van der Waals surface area contributed by atoms with Gasteiger partial charge in [-0.2, -0.15) is 0 Å². The Hall–Kier alpha value is -0.650. The number of rotatable bonds is 4. The lowest BCUT2D eigenvalue weighted by Crippen LogP contribution is -2.50. The van der Waals surface area contributed by atoms with Crippen LogP contribution in [0.15, 0.2) is 0 Å². The van der Waals surface area contributed by atoms with Crippen molar-refractivity contribution >= 4 is 5.97 Å². The summed E-state index contributed by atoms with van der Waals surface area (Å²) in [5.41, 5.74) is 5.51. The minimum atomic E-state index is -0.915. The number of piperidine rings is 1. The van der Waals surface area contributed by atoms with Crippen LogP contribution in [0.4, 0.5) is 0 Å². The molecule has 1 aliphatic rings. The van der Waals surface area contributed by atoms with Crippen molar-refractivity contribution in [1.29, 1.82) is 0 Å². The number of carboxylic acids is 1. The number of likely N-dealkylation sites (N-methyl/N-ethyl adjacent to an activating group) is 1. The predicted octanol–water partition coefficient (Wildman–Crippen LogP) is -0.576. The lowest BCUT2D eigenvalue weighted by molar-refractivity contribution is -0.139. The van der Waals surface area contributed by atoms with Gasteiger partial charge in [0.05, 0.1) is 0 Å². The van der Waals surface area contributed by atoms with E-state index in [2.05, 4.69) is 23.9 Å². The van der Waals surface area contributed by atoms with E-state index >= 15 is 0 Å². The average molecular weight is 215 g/mol. The van der Waals surface area contributed by atoms with E-state index in [1.807, 2.05) is 0 Å². The summed E-state index contributed by atoms with van der Waals surface area (Å²) in [7, 11) is 4.12. The van der Waals surface area contributed by atoms with Gasteiger partial charge in [0.1, 0.15) is 6.04 Å². The maximum Gasteiger partial charge on any atom is 0.321 e. The molecule has 1 rings (SSSR count). The highest BCUT2D eigenvalue weighted by Gasteiger charge is 2.24. The largest absolute Gasteiger partial charge is 0.480 e.